The Morgan fingerprint density at radius 2 is 1.84 bits per heavy atom. The third-order valence-corrected chi connectivity index (χ3v) is 5.16. The van der Waals surface area contributed by atoms with E-state index in [2.05, 4.69) is 15.4 Å². The van der Waals surface area contributed by atoms with Crippen molar-refractivity contribution in [2.75, 3.05) is 13.7 Å². The minimum absolute atomic E-state index is 0.187. The van der Waals surface area contributed by atoms with Gasteiger partial charge in [-0.3, -0.25) is 14.2 Å². The average molecular weight is 429 g/mol. The third-order valence-electron chi connectivity index (χ3n) is 5.16. The molecule has 0 saturated heterocycles. The third kappa shape index (κ3) is 4.44. The Morgan fingerprint density at radius 1 is 1.09 bits per heavy atom. The second-order valence-corrected chi connectivity index (χ2v) is 7.18. The van der Waals surface area contributed by atoms with E-state index < -0.39 is 0 Å². The highest BCUT2D eigenvalue weighted by molar-refractivity contribution is 5.95. The highest BCUT2D eigenvalue weighted by Gasteiger charge is 2.14. The summed E-state index contributed by atoms with van der Waals surface area (Å²) in [6, 6.07) is 18.4. The van der Waals surface area contributed by atoms with E-state index >= 15 is 0 Å². The Kier molecular flexibility index (Phi) is 6.12. The topological polar surface area (TPSA) is 91.0 Å². The summed E-state index contributed by atoms with van der Waals surface area (Å²) in [7, 11) is 1.60. The number of benzene rings is 2. The van der Waals surface area contributed by atoms with Crippen LogP contribution in [0.5, 0.6) is 5.75 Å². The van der Waals surface area contributed by atoms with Gasteiger partial charge < -0.3 is 10.1 Å². The molecule has 0 unspecified atom stereocenters. The summed E-state index contributed by atoms with van der Waals surface area (Å²) < 4.78 is 8.34. The lowest BCUT2D eigenvalue weighted by Crippen LogP contribution is -2.31. The van der Waals surface area contributed by atoms with Gasteiger partial charge in [0.25, 0.3) is 11.5 Å². The molecular formula is C24H23N5O3. The lowest BCUT2D eigenvalue weighted by atomic mass is 10.1. The standard InChI is InChI=1S/C24H23N5O3/c1-17-21(15-27-29(17)19-6-4-3-5-7-19)24(31)25-12-13-28-16-26-22(14-23(28)30)18-8-10-20(32-2)11-9-18/h3-11,14-16H,12-13H2,1-2H3,(H,25,31). The zero-order chi connectivity index (χ0) is 22.5. The first-order valence-corrected chi connectivity index (χ1v) is 10.2. The molecule has 4 rings (SSSR count). The van der Waals surface area contributed by atoms with Crippen molar-refractivity contribution in [3.05, 3.63) is 94.8 Å². The summed E-state index contributed by atoms with van der Waals surface area (Å²) in [5.74, 6) is 0.503. The fourth-order valence-corrected chi connectivity index (χ4v) is 3.36. The van der Waals surface area contributed by atoms with Gasteiger partial charge in [0.1, 0.15) is 5.75 Å². The van der Waals surface area contributed by atoms with E-state index in [1.807, 2.05) is 61.5 Å². The van der Waals surface area contributed by atoms with Crippen molar-refractivity contribution in [2.45, 2.75) is 13.5 Å². The molecule has 8 nitrogen and oxygen atoms in total. The fraction of sp³-hybridized carbons (Fsp3) is 0.167. The van der Waals surface area contributed by atoms with Crippen LogP contribution in [0.25, 0.3) is 16.9 Å². The molecule has 2 heterocycles. The summed E-state index contributed by atoms with van der Waals surface area (Å²) in [6.45, 7) is 2.45. The molecule has 32 heavy (non-hydrogen) atoms. The summed E-state index contributed by atoms with van der Waals surface area (Å²) in [6.07, 6.45) is 3.04. The highest BCUT2D eigenvalue weighted by Crippen LogP contribution is 2.19. The maximum Gasteiger partial charge on any atom is 0.254 e. The Labute approximate surface area is 185 Å². The van der Waals surface area contributed by atoms with Gasteiger partial charge in [0.05, 0.1) is 42.3 Å². The molecular weight excluding hydrogens is 406 g/mol. The molecule has 0 radical (unpaired) electrons. The van der Waals surface area contributed by atoms with Crippen LogP contribution in [0.15, 0.2) is 78.0 Å². The molecule has 2 aromatic heterocycles. The SMILES string of the molecule is COc1ccc(-c2cc(=O)n(CCNC(=O)c3cnn(-c4ccccc4)c3C)cn2)cc1. The van der Waals surface area contributed by atoms with Gasteiger partial charge >= 0.3 is 0 Å². The lowest BCUT2D eigenvalue weighted by molar-refractivity contribution is 0.0951. The Bertz CT molecular complexity index is 1280. The van der Waals surface area contributed by atoms with Gasteiger partial charge in [-0.2, -0.15) is 5.10 Å². The zero-order valence-electron chi connectivity index (χ0n) is 17.9. The van der Waals surface area contributed by atoms with Crippen molar-refractivity contribution in [2.24, 2.45) is 0 Å². The molecule has 0 aliphatic carbocycles. The quantitative estimate of drug-likeness (QED) is 0.488. The van der Waals surface area contributed by atoms with Crippen LogP contribution in [-0.4, -0.2) is 38.9 Å². The van der Waals surface area contributed by atoms with Crippen LogP contribution in [0, 0.1) is 6.92 Å². The number of hydrogen-bond donors (Lipinski definition) is 1. The van der Waals surface area contributed by atoms with Crippen molar-refractivity contribution in [3.63, 3.8) is 0 Å². The number of carbonyl (C=O) groups is 1. The molecule has 1 N–H and O–H groups in total. The summed E-state index contributed by atoms with van der Waals surface area (Å²) in [5, 5.41) is 7.17. The van der Waals surface area contributed by atoms with Gasteiger partial charge in [-0.05, 0) is 43.3 Å². The smallest absolute Gasteiger partial charge is 0.254 e. The molecule has 162 valence electrons. The number of para-hydroxylation sites is 1. The molecule has 0 saturated carbocycles. The van der Waals surface area contributed by atoms with Crippen LogP contribution in [0.1, 0.15) is 16.1 Å². The van der Waals surface area contributed by atoms with E-state index in [-0.39, 0.29) is 18.0 Å². The summed E-state index contributed by atoms with van der Waals surface area (Å²) >= 11 is 0. The van der Waals surface area contributed by atoms with Gasteiger partial charge in [0.15, 0.2) is 0 Å². The predicted molar refractivity (Wildman–Crippen MR) is 121 cm³/mol. The number of nitrogens with zero attached hydrogens (tertiary/aromatic N) is 4. The van der Waals surface area contributed by atoms with Crippen molar-refractivity contribution in [1.29, 1.82) is 0 Å². The minimum atomic E-state index is -0.236. The number of rotatable bonds is 7. The number of amides is 1. The normalized spacial score (nSPS) is 10.7. The monoisotopic (exact) mass is 429 g/mol. The van der Waals surface area contributed by atoms with Crippen LogP contribution in [0.4, 0.5) is 0 Å². The predicted octanol–water partition coefficient (Wildman–Crippen LogP) is 2.84. The van der Waals surface area contributed by atoms with E-state index in [0.717, 1.165) is 22.7 Å². The van der Waals surface area contributed by atoms with Gasteiger partial charge in [0.2, 0.25) is 0 Å². The van der Waals surface area contributed by atoms with E-state index in [0.29, 0.717) is 17.8 Å². The Balaban J connectivity index is 1.39. The molecule has 4 aromatic rings. The van der Waals surface area contributed by atoms with E-state index in [4.69, 9.17) is 4.74 Å². The number of ether oxygens (including phenoxy) is 1. The van der Waals surface area contributed by atoms with Crippen molar-refractivity contribution < 1.29 is 9.53 Å². The average Bonchev–Trinajstić information content (AvgIpc) is 3.22. The van der Waals surface area contributed by atoms with Gasteiger partial charge in [-0.25, -0.2) is 9.67 Å². The molecule has 8 heteroatoms. The highest BCUT2D eigenvalue weighted by atomic mass is 16.5. The van der Waals surface area contributed by atoms with Crippen LogP contribution in [0.2, 0.25) is 0 Å². The van der Waals surface area contributed by atoms with Crippen LogP contribution >= 0.6 is 0 Å². The maximum atomic E-state index is 12.6. The van der Waals surface area contributed by atoms with Gasteiger partial charge in [-0.15, -0.1) is 0 Å². The number of methoxy groups -OCH3 is 1. The first-order chi connectivity index (χ1) is 15.6. The molecule has 0 fully saturated rings. The lowest BCUT2D eigenvalue weighted by Gasteiger charge is -2.09. The molecule has 0 aliphatic rings. The van der Waals surface area contributed by atoms with Crippen molar-refractivity contribution in [1.82, 2.24) is 24.6 Å². The van der Waals surface area contributed by atoms with E-state index in [1.165, 1.54) is 17.0 Å². The second-order valence-electron chi connectivity index (χ2n) is 7.18. The second kappa shape index (κ2) is 9.30. The van der Waals surface area contributed by atoms with Crippen LogP contribution < -0.4 is 15.6 Å². The van der Waals surface area contributed by atoms with Crippen molar-refractivity contribution >= 4 is 5.91 Å². The number of nitrogens with one attached hydrogen (secondary N) is 1. The van der Waals surface area contributed by atoms with E-state index in [9.17, 15) is 9.59 Å². The molecule has 0 spiro atoms. The largest absolute Gasteiger partial charge is 0.497 e. The molecule has 2 aromatic carbocycles. The van der Waals surface area contributed by atoms with Gasteiger partial charge in [-0.1, -0.05) is 18.2 Å². The van der Waals surface area contributed by atoms with Crippen molar-refractivity contribution in [3.8, 4) is 22.7 Å². The fourth-order valence-electron chi connectivity index (χ4n) is 3.36. The Morgan fingerprint density at radius 3 is 2.53 bits per heavy atom. The molecule has 0 bridgehead atoms. The number of carbonyl (C=O) groups excluding carboxylic acids is 1. The molecule has 0 atom stereocenters. The first kappa shape index (κ1) is 21.0. The maximum absolute atomic E-state index is 12.6. The van der Waals surface area contributed by atoms with Crippen LogP contribution in [-0.2, 0) is 6.54 Å². The summed E-state index contributed by atoms with van der Waals surface area (Å²) in [4.78, 5) is 29.4. The van der Waals surface area contributed by atoms with Crippen LogP contribution in [0.3, 0.4) is 0 Å². The summed E-state index contributed by atoms with van der Waals surface area (Å²) in [5.41, 5.74) is 3.36. The van der Waals surface area contributed by atoms with Gasteiger partial charge in [0, 0.05) is 24.7 Å². The number of aromatic nitrogens is 4. The first-order valence-electron chi connectivity index (χ1n) is 10.2. The number of hydrogen-bond acceptors (Lipinski definition) is 5. The molecule has 0 aliphatic heterocycles. The molecule has 1 amide bonds. The van der Waals surface area contributed by atoms with E-state index in [1.54, 1.807) is 18.0 Å². The Hall–Kier alpha value is -4.20. The zero-order valence-corrected chi connectivity index (χ0v) is 17.9. The minimum Gasteiger partial charge on any atom is -0.497 e.